The van der Waals surface area contributed by atoms with Crippen molar-refractivity contribution in [3.05, 3.63) is 63.6 Å². The molecule has 0 spiro atoms. The molecule has 0 saturated carbocycles. The van der Waals surface area contributed by atoms with Gasteiger partial charge in [0.05, 0.1) is 10.0 Å². The van der Waals surface area contributed by atoms with Gasteiger partial charge in [0.2, 0.25) is 0 Å². The Morgan fingerprint density at radius 3 is 2.33 bits per heavy atom. The number of hydrogen-bond donors (Lipinski definition) is 2. The predicted octanol–water partition coefficient (Wildman–Crippen LogP) is 3.40. The summed E-state index contributed by atoms with van der Waals surface area (Å²) in [4.78, 5) is 23.6. The van der Waals surface area contributed by atoms with Crippen LogP contribution in [0.5, 0.6) is 5.75 Å². The molecule has 0 aliphatic carbocycles. The van der Waals surface area contributed by atoms with E-state index in [1.54, 1.807) is 24.3 Å². The number of rotatable bonds is 5. The molecule has 2 N–H and O–H groups in total. The zero-order valence-electron chi connectivity index (χ0n) is 12.9. The summed E-state index contributed by atoms with van der Waals surface area (Å²) in [6.07, 6.45) is 0.894. The molecular weight excluding hydrogens is 351 g/mol. The highest BCUT2D eigenvalue weighted by Gasteiger charge is 2.08. The molecule has 2 amide bonds. The van der Waals surface area contributed by atoms with E-state index < -0.39 is 11.8 Å². The van der Waals surface area contributed by atoms with Crippen molar-refractivity contribution in [1.82, 2.24) is 10.9 Å². The maximum absolute atomic E-state index is 11.9. The van der Waals surface area contributed by atoms with E-state index in [2.05, 4.69) is 10.9 Å². The standard InChI is InChI=1S/C17H16Cl2N2O3/c1-2-11-3-5-12(6-4-11)17(23)21-20-16(22)10-24-13-7-8-14(18)15(19)9-13/h3-9H,2,10H2,1H3,(H,20,22)(H,21,23). The second-order valence-electron chi connectivity index (χ2n) is 4.92. The third kappa shape index (κ3) is 5.15. The van der Waals surface area contributed by atoms with E-state index in [1.165, 1.54) is 6.07 Å². The Bertz CT molecular complexity index is 733. The van der Waals surface area contributed by atoms with Crippen LogP contribution in [-0.4, -0.2) is 18.4 Å². The highest BCUT2D eigenvalue weighted by atomic mass is 35.5. The first-order valence-corrected chi connectivity index (χ1v) is 8.01. The third-order valence-electron chi connectivity index (χ3n) is 3.20. The van der Waals surface area contributed by atoms with Crippen molar-refractivity contribution in [2.75, 3.05) is 6.61 Å². The van der Waals surface area contributed by atoms with Crippen molar-refractivity contribution >= 4 is 35.0 Å². The summed E-state index contributed by atoms with van der Waals surface area (Å²) < 4.78 is 5.27. The maximum Gasteiger partial charge on any atom is 0.276 e. The third-order valence-corrected chi connectivity index (χ3v) is 3.94. The Morgan fingerprint density at radius 1 is 1.00 bits per heavy atom. The lowest BCUT2D eigenvalue weighted by molar-refractivity contribution is -0.123. The Balaban J connectivity index is 1.79. The summed E-state index contributed by atoms with van der Waals surface area (Å²) in [5.74, 6) is -0.499. The van der Waals surface area contributed by atoms with Crippen LogP contribution < -0.4 is 15.6 Å². The molecule has 0 radical (unpaired) electrons. The topological polar surface area (TPSA) is 67.4 Å². The van der Waals surface area contributed by atoms with Gasteiger partial charge in [-0.25, -0.2) is 0 Å². The van der Waals surface area contributed by atoms with E-state index in [1.807, 2.05) is 19.1 Å². The summed E-state index contributed by atoms with van der Waals surface area (Å²) in [5.41, 5.74) is 6.20. The van der Waals surface area contributed by atoms with Crippen molar-refractivity contribution in [2.45, 2.75) is 13.3 Å². The molecule has 5 nitrogen and oxygen atoms in total. The van der Waals surface area contributed by atoms with Crippen molar-refractivity contribution < 1.29 is 14.3 Å². The SMILES string of the molecule is CCc1ccc(C(=O)NNC(=O)COc2ccc(Cl)c(Cl)c2)cc1. The van der Waals surface area contributed by atoms with Gasteiger partial charge in [0.25, 0.3) is 11.8 Å². The molecular formula is C17H16Cl2N2O3. The van der Waals surface area contributed by atoms with Crippen molar-refractivity contribution in [2.24, 2.45) is 0 Å². The summed E-state index contributed by atoms with van der Waals surface area (Å²) in [5, 5.41) is 0.730. The molecule has 0 aromatic heterocycles. The fraction of sp³-hybridized carbons (Fsp3) is 0.176. The quantitative estimate of drug-likeness (QED) is 0.796. The average molecular weight is 367 g/mol. The number of nitrogens with one attached hydrogen (secondary N) is 2. The average Bonchev–Trinajstić information content (AvgIpc) is 2.60. The van der Waals surface area contributed by atoms with Crippen LogP contribution >= 0.6 is 23.2 Å². The van der Waals surface area contributed by atoms with Crippen LogP contribution in [0, 0.1) is 0 Å². The van der Waals surface area contributed by atoms with Gasteiger partial charge in [-0.05, 0) is 36.2 Å². The lowest BCUT2D eigenvalue weighted by Gasteiger charge is -2.09. The molecule has 7 heteroatoms. The predicted molar refractivity (Wildman–Crippen MR) is 93.4 cm³/mol. The second-order valence-corrected chi connectivity index (χ2v) is 5.73. The molecule has 2 aromatic carbocycles. The monoisotopic (exact) mass is 366 g/mol. The van der Waals surface area contributed by atoms with Crippen LogP contribution in [0.15, 0.2) is 42.5 Å². The highest BCUT2D eigenvalue weighted by molar-refractivity contribution is 6.42. The maximum atomic E-state index is 11.9. The second kappa shape index (κ2) is 8.57. The van der Waals surface area contributed by atoms with Gasteiger partial charge in [-0.3, -0.25) is 20.4 Å². The first kappa shape index (κ1) is 18.1. The number of halogens is 2. The Hall–Kier alpha value is -2.24. The normalized spacial score (nSPS) is 10.1. The van der Waals surface area contributed by atoms with Gasteiger partial charge < -0.3 is 4.74 Å². The van der Waals surface area contributed by atoms with Gasteiger partial charge in [-0.1, -0.05) is 42.3 Å². The fourth-order valence-corrected chi connectivity index (χ4v) is 2.13. The molecule has 0 saturated heterocycles. The van der Waals surface area contributed by atoms with Crippen LogP contribution in [0.4, 0.5) is 0 Å². The van der Waals surface area contributed by atoms with Crippen LogP contribution in [-0.2, 0) is 11.2 Å². The van der Waals surface area contributed by atoms with E-state index in [9.17, 15) is 9.59 Å². The van der Waals surface area contributed by atoms with E-state index >= 15 is 0 Å². The van der Waals surface area contributed by atoms with E-state index in [4.69, 9.17) is 27.9 Å². The van der Waals surface area contributed by atoms with Gasteiger partial charge >= 0.3 is 0 Å². The van der Waals surface area contributed by atoms with Crippen molar-refractivity contribution in [3.63, 3.8) is 0 Å². The number of carbonyl (C=O) groups is 2. The van der Waals surface area contributed by atoms with Gasteiger partial charge in [-0.2, -0.15) is 0 Å². The lowest BCUT2D eigenvalue weighted by atomic mass is 10.1. The minimum atomic E-state index is -0.500. The molecule has 0 fully saturated rings. The Labute approximate surface area is 149 Å². The number of aryl methyl sites for hydroxylation is 1. The zero-order valence-corrected chi connectivity index (χ0v) is 14.4. The minimum Gasteiger partial charge on any atom is -0.484 e. The molecule has 2 rings (SSSR count). The number of ether oxygens (including phenoxy) is 1. The smallest absolute Gasteiger partial charge is 0.276 e. The highest BCUT2D eigenvalue weighted by Crippen LogP contribution is 2.26. The van der Waals surface area contributed by atoms with Gasteiger partial charge in [-0.15, -0.1) is 0 Å². The summed E-state index contributed by atoms with van der Waals surface area (Å²) in [6.45, 7) is 1.76. The Kier molecular flexibility index (Phi) is 6.46. The van der Waals surface area contributed by atoms with Crippen LogP contribution in [0.25, 0.3) is 0 Å². The molecule has 24 heavy (non-hydrogen) atoms. The zero-order chi connectivity index (χ0) is 17.5. The molecule has 0 aliphatic rings. The lowest BCUT2D eigenvalue weighted by Crippen LogP contribution is -2.43. The summed E-state index contributed by atoms with van der Waals surface area (Å²) in [6, 6.07) is 11.8. The Morgan fingerprint density at radius 2 is 1.71 bits per heavy atom. The summed E-state index contributed by atoms with van der Waals surface area (Å²) in [7, 11) is 0. The molecule has 0 atom stereocenters. The van der Waals surface area contributed by atoms with Gasteiger partial charge in [0.15, 0.2) is 6.61 Å². The fourth-order valence-electron chi connectivity index (χ4n) is 1.84. The number of benzene rings is 2. The minimum absolute atomic E-state index is 0.271. The molecule has 126 valence electrons. The number of hydrogen-bond acceptors (Lipinski definition) is 3. The van der Waals surface area contributed by atoms with E-state index in [0.29, 0.717) is 21.4 Å². The van der Waals surface area contributed by atoms with E-state index in [0.717, 1.165) is 12.0 Å². The number of carbonyl (C=O) groups excluding carboxylic acids is 2. The number of amides is 2. The molecule has 2 aromatic rings. The van der Waals surface area contributed by atoms with Crippen LogP contribution in [0.2, 0.25) is 10.0 Å². The first-order valence-electron chi connectivity index (χ1n) is 7.25. The number of hydrazine groups is 1. The van der Waals surface area contributed by atoms with Gasteiger partial charge in [0, 0.05) is 11.6 Å². The van der Waals surface area contributed by atoms with Crippen LogP contribution in [0.1, 0.15) is 22.8 Å². The van der Waals surface area contributed by atoms with E-state index in [-0.39, 0.29) is 6.61 Å². The molecule has 0 heterocycles. The van der Waals surface area contributed by atoms with Crippen molar-refractivity contribution in [3.8, 4) is 5.75 Å². The molecule has 0 bridgehead atoms. The summed E-state index contributed by atoms with van der Waals surface area (Å²) >= 11 is 11.6. The van der Waals surface area contributed by atoms with Crippen LogP contribution in [0.3, 0.4) is 0 Å². The molecule has 0 unspecified atom stereocenters. The van der Waals surface area contributed by atoms with Gasteiger partial charge in [0.1, 0.15) is 5.75 Å². The van der Waals surface area contributed by atoms with Crippen molar-refractivity contribution in [1.29, 1.82) is 0 Å². The first-order chi connectivity index (χ1) is 11.5. The molecule has 0 aliphatic heterocycles. The largest absolute Gasteiger partial charge is 0.484 e.